The van der Waals surface area contributed by atoms with E-state index in [1.165, 1.54) is 11.3 Å². The van der Waals surface area contributed by atoms with Crippen molar-refractivity contribution in [3.8, 4) is 0 Å². The van der Waals surface area contributed by atoms with Crippen LogP contribution in [-0.2, 0) is 0 Å². The average molecular weight is 322 g/mol. The molecule has 2 aromatic rings. The van der Waals surface area contributed by atoms with Crippen LogP contribution in [0.2, 0.25) is 0 Å². The van der Waals surface area contributed by atoms with Gasteiger partial charge in [0.15, 0.2) is 0 Å². The van der Waals surface area contributed by atoms with E-state index in [-0.39, 0.29) is 0 Å². The molecule has 0 radical (unpaired) electrons. The lowest BCUT2D eigenvalue weighted by molar-refractivity contribution is 0.289. The molecule has 1 fully saturated rings. The molecule has 102 valence electrons. The van der Waals surface area contributed by atoms with Crippen molar-refractivity contribution in [3.05, 3.63) is 28.5 Å². The Hall–Kier alpha value is -0.870. The van der Waals surface area contributed by atoms with Crippen molar-refractivity contribution >= 4 is 27.0 Å². The first-order chi connectivity index (χ1) is 9.08. The number of halogens is 1. The predicted octanol–water partition coefficient (Wildman–Crippen LogP) is 3.70. The lowest BCUT2D eigenvalue weighted by Gasteiger charge is -2.33. The van der Waals surface area contributed by atoms with Gasteiger partial charge in [0.1, 0.15) is 5.82 Å². The maximum atomic E-state index is 4.90. The second-order valence-electron chi connectivity index (χ2n) is 5.77. The third-order valence-corrected chi connectivity index (χ3v) is 4.62. The third-order valence-electron chi connectivity index (χ3n) is 4.12. The molecule has 1 N–H and O–H groups in total. The Morgan fingerprint density at radius 3 is 2.63 bits per heavy atom. The minimum Gasteiger partial charge on any atom is -0.325 e. The second-order valence-corrected chi connectivity index (χ2v) is 6.69. The van der Waals surface area contributed by atoms with Crippen LogP contribution in [0.15, 0.2) is 22.7 Å². The Bertz CT molecular complexity index is 599. The average Bonchev–Trinajstić information content (AvgIpc) is 2.64. The lowest BCUT2D eigenvalue weighted by atomic mass is 9.88. The third kappa shape index (κ3) is 2.21. The van der Waals surface area contributed by atoms with Crippen LogP contribution in [0.25, 0.3) is 11.0 Å². The zero-order valence-corrected chi connectivity index (χ0v) is 13.2. The summed E-state index contributed by atoms with van der Waals surface area (Å²) in [5.74, 6) is 2.46. The van der Waals surface area contributed by atoms with E-state index in [1.54, 1.807) is 0 Å². The Morgan fingerprint density at radius 2 is 2.05 bits per heavy atom. The van der Waals surface area contributed by atoms with Crippen LogP contribution in [-0.4, -0.2) is 22.6 Å². The molecule has 4 heteroatoms. The summed E-state index contributed by atoms with van der Waals surface area (Å²) >= 11 is 3.53. The first-order valence-corrected chi connectivity index (χ1v) is 7.75. The van der Waals surface area contributed by atoms with Crippen LogP contribution in [0.1, 0.15) is 38.6 Å². The number of benzene rings is 1. The van der Waals surface area contributed by atoms with Crippen molar-refractivity contribution in [3.63, 3.8) is 0 Å². The van der Waals surface area contributed by atoms with Gasteiger partial charge >= 0.3 is 0 Å². The van der Waals surface area contributed by atoms with E-state index in [1.807, 2.05) is 0 Å². The summed E-state index contributed by atoms with van der Waals surface area (Å²) in [6.45, 7) is 9.01. The zero-order valence-electron chi connectivity index (χ0n) is 11.7. The van der Waals surface area contributed by atoms with Gasteiger partial charge in [-0.15, -0.1) is 0 Å². The molecule has 1 unspecified atom stereocenters. The highest BCUT2D eigenvalue weighted by molar-refractivity contribution is 9.10. The number of rotatable bonds is 3. The number of nitrogens with zero attached hydrogens (tertiary/aromatic N) is 2. The van der Waals surface area contributed by atoms with Gasteiger partial charge < -0.3 is 9.88 Å². The topological polar surface area (TPSA) is 29.9 Å². The number of hydrogen-bond donors (Lipinski definition) is 1. The highest BCUT2D eigenvalue weighted by Crippen LogP contribution is 2.32. The smallest absolute Gasteiger partial charge is 0.113 e. The summed E-state index contributed by atoms with van der Waals surface area (Å²) in [5, 5.41) is 3.36. The van der Waals surface area contributed by atoms with E-state index >= 15 is 0 Å². The molecule has 0 saturated carbocycles. The monoisotopic (exact) mass is 321 g/mol. The van der Waals surface area contributed by atoms with E-state index in [0.29, 0.717) is 12.0 Å². The normalized spacial score (nSPS) is 17.9. The van der Waals surface area contributed by atoms with Gasteiger partial charge in [-0.1, -0.05) is 22.9 Å². The summed E-state index contributed by atoms with van der Waals surface area (Å²) in [6, 6.07) is 6.82. The lowest BCUT2D eigenvalue weighted by Crippen LogP contribution is -2.45. The van der Waals surface area contributed by atoms with E-state index in [4.69, 9.17) is 4.98 Å². The van der Waals surface area contributed by atoms with E-state index in [9.17, 15) is 0 Å². The molecule has 0 amide bonds. The van der Waals surface area contributed by atoms with Gasteiger partial charge in [0.25, 0.3) is 0 Å². The summed E-state index contributed by atoms with van der Waals surface area (Å²) < 4.78 is 3.49. The number of imidazole rings is 1. The first kappa shape index (κ1) is 13.1. The van der Waals surface area contributed by atoms with Crippen LogP contribution >= 0.6 is 15.9 Å². The molecule has 0 spiro atoms. The molecule has 1 aromatic heterocycles. The molecule has 19 heavy (non-hydrogen) atoms. The molecule has 1 atom stereocenters. The molecule has 1 saturated heterocycles. The zero-order chi connectivity index (χ0) is 13.6. The van der Waals surface area contributed by atoms with Crippen molar-refractivity contribution in [2.75, 3.05) is 13.1 Å². The minimum absolute atomic E-state index is 0.441. The maximum Gasteiger partial charge on any atom is 0.113 e. The van der Waals surface area contributed by atoms with Gasteiger partial charge in [-0.25, -0.2) is 4.98 Å². The molecule has 2 heterocycles. The molecule has 0 bridgehead atoms. The molecule has 1 aliphatic heterocycles. The number of hydrogen-bond acceptors (Lipinski definition) is 2. The van der Waals surface area contributed by atoms with Gasteiger partial charge in [0.05, 0.1) is 11.0 Å². The summed E-state index contributed by atoms with van der Waals surface area (Å²) in [5.41, 5.74) is 2.34. The standard InChI is InChI=1S/C15H20BrN3/c1-9(2)19-14-5-4-12(16)6-13(14)18-15(19)10(3)11-7-17-8-11/h4-6,9-11,17H,7-8H2,1-3H3. The Balaban J connectivity index is 2.13. The van der Waals surface area contributed by atoms with Gasteiger partial charge in [-0.05, 0) is 51.1 Å². The molecule has 1 aliphatic rings. The Labute approximate surface area is 122 Å². The summed E-state index contributed by atoms with van der Waals surface area (Å²) in [4.78, 5) is 4.90. The minimum atomic E-state index is 0.441. The predicted molar refractivity (Wildman–Crippen MR) is 82.6 cm³/mol. The van der Waals surface area contributed by atoms with Crippen molar-refractivity contribution in [1.82, 2.24) is 14.9 Å². The fraction of sp³-hybridized carbons (Fsp3) is 0.533. The number of fused-ring (bicyclic) bond motifs is 1. The van der Waals surface area contributed by atoms with Gasteiger partial charge in [0, 0.05) is 16.4 Å². The van der Waals surface area contributed by atoms with Crippen LogP contribution in [0.5, 0.6) is 0 Å². The fourth-order valence-electron chi connectivity index (χ4n) is 2.83. The quantitative estimate of drug-likeness (QED) is 0.934. The Morgan fingerprint density at radius 1 is 1.32 bits per heavy atom. The first-order valence-electron chi connectivity index (χ1n) is 6.96. The number of aromatic nitrogens is 2. The molecular formula is C15H20BrN3. The number of nitrogens with one attached hydrogen (secondary N) is 1. The largest absolute Gasteiger partial charge is 0.325 e. The Kier molecular flexibility index (Phi) is 3.39. The van der Waals surface area contributed by atoms with Crippen molar-refractivity contribution < 1.29 is 0 Å². The van der Waals surface area contributed by atoms with E-state index in [2.05, 4.69) is 64.8 Å². The highest BCUT2D eigenvalue weighted by atomic mass is 79.9. The fourth-order valence-corrected chi connectivity index (χ4v) is 3.18. The summed E-state index contributed by atoms with van der Waals surface area (Å²) in [6.07, 6.45) is 0. The van der Waals surface area contributed by atoms with Crippen LogP contribution in [0, 0.1) is 5.92 Å². The molecule has 1 aromatic carbocycles. The van der Waals surface area contributed by atoms with E-state index < -0.39 is 0 Å². The van der Waals surface area contributed by atoms with Crippen molar-refractivity contribution in [2.24, 2.45) is 5.92 Å². The van der Waals surface area contributed by atoms with Crippen LogP contribution in [0.4, 0.5) is 0 Å². The maximum absolute atomic E-state index is 4.90. The van der Waals surface area contributed by atoms with E-state index in [0.717, 1.165) is 29.0 Å². The van der Waals surface area contributed by atoms with Gasteiger partial charge in [0.2, 0.25) is 0 Å². The van der Waals surface area contributed by atoms with Crippen LogP contribution < -0.4 is 5.32 Å². The van der Waals surface area contributed by atoms with Gasteiger partial charge in [-0.3, -0.25) is 0 Å². The SMILES string of the molecule is CC(c1nc2cc(Br)ccc2n1C(C)C)C1CNC1. The molecule has 3 nitrogen and oxygen atoms in total. The van der Waals surface area contributed by atoms with Gasteiger partial charge in [-0.2, -0.15) is 0 Å². The second kappa shape index (κ2) is 4.91. The van der Waals surface area contributed by atoms with Crippen LogP contribution in [0.3, 0.4) is 0 Å². The molecule has 3 rings (SSSR count). The molecule has 0 aliphatic carbocycles. The molecular weight excluding hydrogens is 302 g/mol. The summed E-state index contributed by atoms with van der Waals surface area (Å²) in [7, 11) is 0. The van der Waals surface area contributed by atoms with Crippen molar-refractivity contribution in [2.45, 2.75) is 32.7 Å². The van der Waals surface area contributed by atoms with Crippen molar-refractivity contribution in [1.29, 1.82) is 0 Å². The highest BCUT2D eigenvalue weighted by Gasteiger charge is 2.29.